The van der Waals surface area contributed by atoms with Gasteiger partial charge in [-0.2, -0.15) is 0 Å². The van der Waals surface area contributed by atoms with Gasteiger partial charge in [0.2, 0.25) is 5.91 Å². The zero-order valence-corrected chi connectivity index (χ0v) is 15.2. The molecule has 1 atom stereocenters. The second-order valence-corrected chi connectivity index (χ2v) is 6.95. The molecule has 0 bridgehead atoms. The molecule has 0 aliphatic carbocycles. The largest absolute Gasteiger partial charge is 0.369 e. The molecule has 0 spiro atoms. The van der Waals surface area contributed by atoms with Crippen LogP contribution >= 0.6 is 0 Å². The summed E-state index contributed by atoms with van der Waals surface area (Å²) >= 11 is 0. The smallest absolute Gasteiger partial charge is 0.327 e. The van der Waals surface area contributed by atoms with Crippen molar-refractivity contribution in [3.63, 3.8) is 0 Å². The fraction of sp³-hybridized carbons (Fsp3) is 0.263. The number of hydrogen-bond acceptors (Lipinski definition) is 5. The first kappa shape index (κ1) is 16.7. The molecule has 9 nitrogen and oxygen atoms in total. The number of imidazole rings is 1. The predicted octanol–water partition coefficient (Wildman–Crippen LogP) is 1.13. The van der Waals surface area contributed by atoms with Crippen LogP contribution in [0.15, 0.2) is 41.6 Å². The van der Waals surface area contributed by atoms with Crippen LogP contribution in [0.3, 0.4) is 0 Å². The number of rotatable bonds is 3. The summed E-state index contributed by atoms with van der Waals surface area (Å²) in [5, 5.41) is 1.00. The quantitative estimate of drug-likeness (QED) is 0.555. The summed E-state index contributed by atoms with van der Waals surface area (Å²) in [6, 6.07) is 5.69. The Kier molecular flexibility index (Phi) is 3.76. The number of ether oxygens (including phenoxy) is 1. The molecule has 9 heteroatoms. The first-order valence-electron chi connectivity index (χ1n) is 8.95. The molecule has 0 unspecified atom stereocenters. The second kappa shape index (κ2) is 6.31. The number of morpholine rings is 1. The van der Waals surface area contributed by atoms with Crippen molar-refractivity contribution in [2.45, 2.75) is 12.6 Å². The molecule has 1 saturated heterocycles. The summed E-state index contributed by atoms with van der Waals surface area (Å²) < 4.78 is 6.96. The Hall–Kier alpha value is -3.46. The molecule has 1 aliphatic heterocycles. The van der Waals surface area contributed by atoms with E-state index in [2.05, 4.69) is 19.9 Å². The predicted molar refractivity (Wildman–Crippen MR) is 103 cm³/mol. The van der Waals surface area contributed by atoms with Crippen LogP contribution in [0.4, 0.5) is 0 Å². The van der Waals surface area contributed by atoms with Gasteiger partial charge in [-0.3, -0.25) is 14.3 Å². The lowest BCUT2D eigenvalue weighted by molar-refractivity contribution is -0.146. The fourth-order valence-electron chi connectivity index (χ4n) is 3.56. The van der Waals surface area contributed by atoms with E-state index >= 15 is 0 Å². The molecule has 5 heterocycles. The molecular formula is C19H18N6O3. The normalized spacial score (nSPS) is 17.7. The molecule has 0 radical (unpaired) electrons. The van der Waals surface area contributed by atoms with Crippen molar-refractivity contribution in [3.05, 3.63) is 47.3 Å². The molecule has 142 valence electrons. The van der Waals surface area contributed by atoms with Gasteiger partial charge in [-0.1, -0.05) is 0 Å². The summed E-state index contributed by atoms with van der Waals surface area (Å²) in [7, 11) is 1.73. The third-order valence-corrected chi connectivity index (χ3v) is 5.23. The third-order valence-electron chi connectivity index (χ3n) is 5.23. The molecule has 2 N–H and O–H groups in total. The van der Waals surface area contributed by atoms with E-state index in [1.165, 1.54) is 0 Å². The van der Waals surface area contributed by atoms with Gasteiger partial charge in [0, 0.05) is 42.2 Å². The highest BCUT2D eigenvalue weighted by Crippen LogP contribution is 2.24. The summed E-state index contributed by atoms with van der Waals surface area (Å²) in [4.78, 5) is 40.7. The maximum absolute atomic E-state index is 12.5. The number of likely N-dealkylation sites (N-methyl/N-ethyl adjacent to an activating group) is 1. The maximum Gasteiger partial charge on any atom is 0.327 e. The van der Waals surface area contributed by atoms with Gasteiger partial charge in [0.1, 0.15) is 12.3 Å². The van der Waals surface area contributed by atoms with Gasteiger partial charge >= 0.3 is 5.69 Å². The number of carbonyl (C=O) groups is 1. The first-order valence-corrected chi connectivity index (χ1v) is 8.95. The van der Waals surface area contributed by atoms with E-state index in [-0.39, 0.29) is 24.2 Å². The Morgan fingerprint density at radius 3 is 2.82 bits per heavy atom. The molecule has 4 aromatic heterocycles. The van der Waals surface area contributed by atoms with E-state index in [0.717, 1.165) is 22.2 Å². The summed E-state index contributed by atoms with van der Waals surface area (Å²) in [6.45, 7) is 0.806. The molecule has 0 saturated carbocycles. The molecule has 0 aromatic carbocycles. The van der Waals surface area contributed by atoms with Crippen molar-refractivity contribution in [2.75, 3.05) is 20.3 Å². The highest BCUT2D eigenvalue weighted by atomic mass is 16.5. The molecule has 28 heavy (non-hydrogen) atoms. The van der Waals surface area contributed by atoms with E-state index < -0.39 is 0 Å². The SMILES string of the molecule is CN1C(=O)COC[C@@H]1Cn1c(=O)[nH]c2ncc(-c3cnc4[nH]ccc4c3)cc21. The lowest BCUT2D eigenvalue weighted by Gasteiger charge is -2.32. The van der Waals surface area contributed by atoms with Crippen molar-refractivity contribution >= 4 is 28.1 Å². The van der Waals surface area contributed by atoms with Crippen LogP contribution < -0.4 is 5.69 Å². The minimum atomic E-state index is -0.259. The van der Waals surface area contributed by atoms with Gasteiger partial charge in [0.05, 0.1) is 24.7 Å². The Morgan fingerprint density at radius 2 is 1.96 bits per heavy atom. The summed E-state index contributed by atoms with van der Waals surface area (Å²) in [5.74, 6) is -0.0890. The Balaban J connectivity index is 1.56. The Morgan fingerprint density at radius 1 is 1.18 bits per heavy atom. The van der Waals surface area contributed by atoms with Gasteiger partial charge in [0.15, 0.2) is 5.65 Å². The van der Waals surface area contributed by atoms with Gasteiger partial charge in [-0.15, -0.1) is 0 Å². The standard InChI is InChI=1S/C19H18N6O3/c1-24-14(9-28-10-16(24)26)8-25-15-5-13(7-22-18(15)23-19(25)27)12-4-11-2-3-20-17(11)21-6-12/h2-7,14H,8-10H2,1H3,(H,20,21)(H,22,23,27)/t14-/m0/s1. The number of H-pyrrole nitrogens is 2. The number of nitrogens with zero attached hydrogens (tertiary/aromatic N) is 4. The lowest BCUT2D eigenvalue weighted by atomic mass is 10.1. The number of aromatic nitrogens is 5. The topological polar surface area (TPSA) is 109 Å². The number of aromatic amines is 2. The number of nitrogens with one attached hydrogen (secondary N) is 2. The number of pyridine rings is 2. The monoisotopic (exact) mass is 378 g/mol. The minimum absolute atomic E-state index is 0.0795. The van der Waals surface area contributed by atoms with Crippen LogP contribution in [0.2, 0.25) is 0 Å². The molecule has 4 aromatic rings. The van der Waals surface area contributed by atoms with Crippen LogP contribution in [-0.2, 0) is 16.1 Å². The van der Waals surface area contributed by atoms with Gasteiger partial charge in [-0.25, -0.2) is 14.8 Å². The van der Waals surface area contributed by atoms with E-state index in [1.807, 2.05) is 24.4 Å². The number of carbonyl (C=O) groups excluding carboxylic acids is 1. The van der Waals surface area contributed by atoms with E-state index in [1.54, 1.807) is 28.9 Å². The van der Waals surface area contributed by atoms with E-state index in [4.69, 9.17) is 4.74 Å². The van der Waals surface area contributed by atoms with Crippen LogP contribution in [0, 0.1) is 0 Å². The number of amides is 1. The fourth-order valence-corrected chi connectivity index (χ4v) is 3.56. The molecule has 1 fully saturated rings. The maximum atomic E-state index is 12.5. The first-order chi connectivity index (χ1) is 13.6. The minimum Gasteiger partial charge on any atom is -0.369 e. The van der Waals surface area contributed by atoms with Crippen LogP contribution in [-0.4, -0.2) is 61.6 Å². The van der Waals surface area contributed by atoms with Crippen molar-refractivity contribution in [3.8, 4) is 11.1 Å². The average molecular weight is 378 g/mol. The van der Waals surface area contributed by atoms with Crippen molar-refractivity contribution < 1.29 is 9.53 Å². The van der Waals surface area contributed by atoms with Crippen LogP contribution in [0.1, 0.15) is 0 Å². The van der Waals surface area contributed by atoms with Crippen molar-refractivity contribution in [1.82, 2.24) is 29.4 Å². The Bertz CT molecular complexity index is 1250. The van der Waals surface area contributed by atoms with E-state index in [9.17, 15) is 9.59 Å². The average Bonchev–Trinajstić information content (AvgIpc) is 3.28. The number of fused-ring (bicyclic) bond motifs is 2. The molecule has 1 amide bonds. The van der Waals surface area contributed by atoms with E-state index in [0.29, 0.717) is 24.3 Å². The Labute approximate surface area is 159 Å². The van der Waals surface area contributed by atoms with Crippen LogP contribution in [0.5, 0.6) is 0 Å². The third kappa shape index (κ3) is 2.67. The second-order valence-electron chi connectivity index (χ2n) is 6.95. The highest BCUT2D eigenvalue weighted by molar-refractivity contribution is 5.84. The summed E-state index contributed by atoms with van der Waals surface area (Å²) in [6.07, 6.45) is 5.34. The highest BCUT2D eigenvalue weighted by Gasteiger charge is 2.27. The van der Waals surface area contributed by atoms with Crippen molar-refractivity contribution in [2.24, 2.45) is 0 Å². The van der Waals surface area contributed by atoms with Crippen molar-refractivity contribution in [1.29, 1.82) is 0 Å². The van der Waals surface area contributed by atoms with Gasteiger partial charge < -0.3 is 14.6 Å². The summed E-state index contributed by atoms with van der Waals surface area (Å²) in [5.41, 5.74) is 3.53. The van der Waals surface area contributed by atoms with Gasteiger partial charge in [0.25, 0.3) is 0 Å². The molecule has 5 rings (SSSR count). The number of hydrogen-bond donors (Lipinski definition) is 2. The zero-order valence-electron chi connectivity index (χ0n) is 15.2. The van der Waals surface area contributed by atoms with Crippen LogP contribution in [0.25, 0.3) is 33.3 Å². The lowest BCUT2D eigenvalue weighted by Crippen LogP contribution is -2.49. The molecular weight excluding hydrogens is 360 g/mol. The van der Waals surface area contributed by atoms with Gasteiger partial charge in [-0.05, 0) is 18.2 Å². The zero-order chi connectivity index (χ0) is 19.3. The molecule has 1 aliphatic rings.